The zero-order valence-corrected chi connectivity index (χ0v) is 13.2. The third-order valence-electron chi connectivity index (χ3n) is 4.24. The van der Waals surface area contributed by atoms with Crippen LogP contribution in [0.25, 0.3) is 0 Å². The molecule has 1 rings (SSSR count). The zero-order valence-electron chi connectivity index (χ0n) is 13.2. The minimum atomic E-state index is -0.829. The molecule has 6 heteroatoms. The first-order valence-electron chi connectivity index (χ1n) is 7.49. The lowest BCUT2D eigenvalue weighted by Crippen LogP contribution is -2.45. The van der Waals surface area contributed by atoms with Crippen molar-refractivity contribution in [3.63, 3.8) is 0 Å². The van der Waals surface area contributed by atoms with Crippen molar-refractivity contribution in [3.8, 4) is 0 Å². The lowest BCUT2D eigenvalue weighted by Gasteiger charge is -2.36. The molecule has 1 fully saturated rings. The average Bonchev–Trinajstić information content (AvgIpc) is 2.39. The number of amides is 1. The molecule has 0 aromatic heterocycles. The van der Waals surface area contributed by atoms with Gasteiger partial charge in [-0.05, 0) is 25.2 Å². The van der Waals surface area contributed by atoms with Gasteiger partial charge < -0.3 is 19.9 Å². The normalized spacial score (nSPS) is 19.2. The molecule has 0 spiro atoms. The van der Waals surface area contributed by atoms with Crippen molar-refractivity contribution in [2.45, 2.75) is 64.2 Å². The summed E-state index contributed by atoms with van der Waals surface area (Å²) in [5.41, 5.74) is -0.399. The molecule has 0 saturated heterocycles. The number of nitrogens with one attached hydrogen (secondary N) is 1. The van der Waals surface area contributed by atoms with Gasteiger partial charge in [0.15, 0.2) is 6.29 Å². The highest BCUT2D eigenvalue weighted by molar-refractivity contribution is 5.78. The zero-order chi connectivity index (χ0) is 15.9. The van der Waals surface area contributed by atoms with Crippen LogP contribution in [0, 0.1) is 5.41 Å². The van der Waals surface area contributed by atoms with E-state index in [2.05, 4.69) is 5.32 Å². The van der Waals surface area contributed by atoms with Gasteiger partial charge in [-0.15, -0.1) is 0 Å². The number of rotatable bonds is 8. The van der Waals surface area contributed by atoms with Crippen LogP contribution in [0.2, 0.25) is 0 Å². The largest absolute Gasteiger partial charge is 0.481 e. The second-order valence-electron chi connectivity index (χ2n) is 6.00. The Kier molecular flexibility index (Phi) is 7.11. The van der Waals surface area contributed by atoms with Crippen molar-refractivity contribution in [2.75, 3.05) is 14.2 Å². The van der Waals surface area contributed by atoms with Crippen LogP contribution in [0.3, 0.4) is 0 Å². The van der Waals surface area contributed by atoms with Crippen LogP contribution in [-0.2, 0) is 19.1 Å². The summed E-state index contributed by atoms with van der Waals surface area (Å²) in [6.07, 6.45) is 4.53. The van der Waals surface area contributed by atoms with Crippen molar-refractivity contribution in [3.05, 3.63) is 0 Å². The summed E-state index contributed by atoms with van der Waals surface area (Å²) in [6.45, 7) is 1.81. The molecule has 0 radical (unpaired) electrons. The van der Waals surface area contributed by atoms with Gasteiger partial charge in [-0.25, -0.2) is 0 Å². The Bertz CT molecular complexity index is 348. The highest BCUT2D eigenvalue weighted by atomic mass is 16.7. The predicted octanol–water partition coefficient (Wildman–Crippen LogP) is 1.93. The molecule has 1 aliphatic rings. The fraction of sp³-hybridized carbons (Fsp3) is 0.867. The second kappa shape index (κ2) is 8.34. The molecule has 1 amide bonds. The van der Waals surface area contributed by atoms with Crippen LogP contribution in [0.5, 0.6) is 0 Å². The maximum Gasteiger partial charge on any atom is 0.303 e. The van der Waals surface area contributed by atoms with Crippen molar-refractivity contribution in [2.24, 2.45) is 5.41 Å². The van der Waals surface area contributed by atoms with Gasteiger partial charge in [-0.2, -0.15) is 0 Å². The molecule has 0 heterocycles. The molecule has 6 nitrogen and oxygen atoms in total. The van der Waals surface area contributed by atoms with Crippen LogP contribution in [0.4, 0.5) is 0 Å². The minimum absolute atomic E-state index is 0.0623. The smallest absolute Gasteiger partial charge is 0.303 e. The van der Waals surface area contributed by atoms with E-state index >= 15 is 0 Å². The van der Waals surface area contributed by atoms with Gasteiger partial charge in [0.05, 0.1) is 12.5 Å². The summed E-state index contributed by atoms with van der Waals surface area (Å²) in [4.78, 5) is 23.3. The Hall–Kier alpha value is -1.14. The molecule has 2 N–H and O–H groups in total. The summed E-state index contributed by atoms with van der Waals surface area (Å²) < 4.78 is 10.2. The lowest BCUT2D eigenvalue weighted by atomic mass is 9.69. The summed E-state index contributed by atoms with van der Waals surface area (Å²) in [5.74, 6) is -0.964. The quantitative estimate of drug-likeness (QED) is 0.669. The lowest BCUT2D eigenvalue weighted by molar-refractivity contribution is -0.143. The highest BCUT2D eigenvalue weighted by Crippen LogP contribution is 2.42. The standard InChI is InChI=1S/C15H27NO5/c1-11(14(20-2)21-3)16-12(17)9-15(10-13(18)19)7-5-4-6-8-15/h11,14H,4-10H2,1-3H3,(H,16,17)(H,18,19). The first kappa shape index (κ1) is 17.9. The monoisotopic (exact) mass is 301 g/mol. The van der Waals surface area contributed by atoms with Gasteiger partial charge in [0.25, 0.3) is 0 Å². The number of aliphatic carboxylic acids is 1. The number of carboxylic acid groups (broad SMARTS) is 1. The van der Waals surface area contributed by atoms with Crippen LogP contribution < -0.4 is 5.32 Å². The van der Waals surface area contributed by atoms with E-state index in [-0.39, 0.29) is 24.8 Å². The van der Waals surface area contributed by atoms with E-state index in [0.29, 0.717) is 0 Å². The van der Waals surface area contributed by atoms with E-state index in [4.69, 9.17) is 14.6 Å². The third kappa shape index (κ3) is 5.63. The number of ether oxygens (including phenoxy) is 2. The Labute approximate surface area is 126 Å². The summed E-state index contributed by atoms with van der Waals surface area (Å²) in [7, 11) is 3.04. The number of methoxy groups -OCH3 is 2. The maximum atomic E-state index is 12.2. The molecule has 0 aromatic carbocycles. The number of carboxylic acids is 1. The van der Waals surface area contributed by atoms with Crippen LogP contribution in [-0.4, -0.2) is 43.5 Å². The van der Waals surface area contributed by atoms with Gasteiger partial charge in [0.1, 0.15) is 0 Å². The summed E-state index contributed by atoms with van der Waals surface area (Å²) in [5, 5.41) is 12.0. The molecule has 1 aliphatic carbocycles. The topological polar surface area (TPSA) is 84.9 Å². The van der Waals surface area contributed by atoms with Gasteiger partial charge in [0, 0.05) is 20.6 Å². The van der Waals surface area contributed by atoms with Crippen molar-refractivity contribution in [1.82, 2.24) is 5.32 Å². The van der Waals surface area contributed by atoms with E-state index < -0.39 is 17.7 Å². The predicted molar refractivity (Wildman–Crippen MR) is 77.8 cm³/mol. The minimum Gasteiger partial charge on any atom is -0.481 e. The molecule has 1 atom stereocenters. The molecule has 21 heavy (non-hydrogen) atoms. The molecule has 122 valence electrons. The van der Waals surface area contributed by atoms with E-state index in [1.807, 2.05) is 0 Å². The Morgan fingerprint density at radius 3 is 2.19 bits per heavy atom. The van der Waals surface area contributed by atoms with Crippen molar-refractivity contribution in [1.29, 1.82) is 0 Å². The SMILES string of the molecule is COC(OC)C(C)NC(=O)CC1(CC(=O)O)CCCCC1. The van der Waals surface area contributed by atoms with Crippen LogP contribution in [0.15, 0.2) is 0 Å². The first-order valence-corrected chi connectivity index (χ1v) is 7.49. The molecule has 0 bridgehead atoms. The van der Waals surface area contributed by atoms with E-state index in [1.165, 1.54) is 14.2 Å². The molecule has 0 aliphatic heterocycles. The number of carbonyl (C=O) groups is 2. The van der Waals surface area contributed by atoms with Crippen LogP contribution in [0.1, 0.15) is 51.9 Å². The van der Waals surface area contributed by atoms with Gasteiger partial charge in [0.2, 0.25) is 5.91 Å². The van der Waals surface area contributed by atoms with Gasteiger partial charge in [-0.1, -0.05) is 19.3 Å². The van der Waals surface area contributed by atoms with Crippen LogP contribution >= 0.6 is 0 Å². The molecule has 1 unspecified atom stereocenters. The Balaban J connectivity index is 2.61. The molecular formula is C15H27NO5. The Morgan fingerprint density at radius 1 is 1.14 bits per heavy atom. The number of hydrogen-bond donors (Lipinski definition) is 2. The van der Waals surface area contributed by atoms with Crippen molar-refractivity contribution < 1.29 is 24.2 Å². The third-order valence-corrected chi connectivity index (χ3v) is 4.24. The van der Waals surface area contributed by atoms with Gasteiger partial charge >= 0.3 is 5.97 Å². The molecular weight excluding hydrogens is 274 g/mol. The fourth-order valence-electron chi connectivity index (χ4n) is 3.26. The highest BCUT2D eigenvalue weighted by Gasteiger charge is 2.37. The number of hydrogen-bond acceptors (Lipinski definition) is 4. The molecule has 0 aromatic rings. The van der Waals surface area contributed by atoms with E-state index in [1.54, 1.807) is 6.92 Å². The van der Waals surface area contributed by atoms with E-state index in [9.17, 15) is 9.59 Å². The molecule has 1 saturated carbocycles. The summed E-state index contributed by atoms with van der Waals surface area (Å²) >= 11 is 0. The van der Waals surface area contributed by atoms with E-state index in [0.717, 1.165) is 32.1 Å². The maximum absolute atomic E-state index is 12.2. The Morgan fingerprint density at radius 2 is 1.71 bits per heavy atom. The van der Waals surface area contributed by atoms with Crippen molar-refractivity contribution >= 4 is 11.9 Å². The number of carbonyl (C=O) groups excluding carboxylic acids is 1. The van der Waals surface area contributed by atoms with Gasteiger partial charge in [-0.3, -0.25) is 9.59 Å². The average molecular weight is 301 g/mol. The first-order chi connectivity index (χ1) is 9.92. The fourth-order valence-corrected chi connectivity index (χ4v) is 3.26. The summed E-state index contributed by atoms with van der Waals surface area (Å²) in [6, 6.07) is -0.280. The second-order valence-corrected chi connectivity index (χ2v) is 6.00.